The van der Waals surface area contributed by atoms with Crippen molar-refractivity contribution >= 4 is 44.6 Å². The Morgan fingerprint density at radius 2 is 1.90 bits per heavy atom. The number of piperidine rings is 1. The van der Waals surface area contributed by atoms with E-state index in [9.17, 15) is 14.7 Å². The number of thiazole rings is 1. The Balaban J connectivity index is 1.49. The number of anilines is 2. The Hall–Kier alpha value is -4.56. The maximum Gasteiger partial charge on any atom is 0.321 e. The molecule has 0 radical (unpaired) electrons. The van der Waals surface area contributed by atoms with Crippen LogP contribution in [-0.4, -0.2) is 56.7 Å². The summed E-state index contributed by atoms with van der Waals surface area (Å²) in [4.78, 5) is 44.9. The lowest BCUT2D eigenvalue weighted by Crippen LogP contribution is -2.43. The van der Waals surface area contributed by atoms with Gasteiger partial charge in [-0.2, -0.15) is 0 Å². The first-order valence-corrected chi connectivity index (χ1v) is 13.3. The van der Waals surface area contributed by atoms with E-state index in [0.29, 0.717) is 49.1 Å². The lowest BCUT2D eigenvalue weighted by atomic mass is 9.80. The molecule has 39 heavy (non-hydrogen) atoms. The van der Waals surface area contributed by atoms with Crippen molar-refractivity contribution in [1.82, 2.24) is 19.9 Å². The summed E-state index contributed by atoms with van der Waals surface area (Å²) >= 11 is 1.36. The topological polar surface area (TPSA) is 138 Å². The van der Waals surface area contributed by atoms with Crippen LogP contribution in [0.15, 0.2) is 49.1 Å². The van der Waals surface area contributed by atoms with Crippen molar-refractivity contribution in [2.24, 2.45) is 11.1 Å². The highest BCUT2D eigenvalue weighted by molar-refractivity contribution is 7.22. The van der Waals surface area contributed by atoms with Crippen LogP contribution in [0.4, 0.5) is 15.9 Å². The van der Waals surface area contributed by atoms with Crippen molar-refractivity contribution in [3.05, 3.63) is 60.2 Å². The van der Waals surface area contributed by atoms with Crippen LogP contribution in [0.5, 0.6) is 0 Å². The summed E-state index contributed by atoms with van der Waals surface area (Å²) in [5, 5.41) is 10.0. The number of fused-ring (bicyclic) bond motifs is 1. The molecule has 4 aromatic rings. The zero-order valence-electron chi connectivity index (χ0n) is 21.6. The van der Waals surface area contributed by atoms with E-state index in [0.717, 1.165) is 27.0 Å². The minimum atomic E-state index is -0.765. The molecule has 1 fully saturated rings. The molecule has 2 amide bonds. The number of aromatic nitrogens is 4. The number of carbonyl (C=O) groups is 2. The third-order valence-electron chi connectivity index (χ3n) is 6.93. The van der Waals surface area contributed by atoms with Crippen LogP contribution in [0.25, 0.3) is 21.3 Å². The first-order chi connectivity index (χ1) is 18.8. The fourth-order valence-corrected chi connectivity index (χ4v) is 5.49. The summed E-state index contributed by atoms with van der Waals surface area (Å²) < 4.78 is 0.845. The van der Waals surface area contributed by atoms with Gasteiger partial charge in [0.05, 0.1) is 15.6 Å². The number of rotatable bonds is 5. The number of carboxylic acids is 1. The number of urea groups is 1. The van der Waals surface area contributed by atoms with Crippen LogP contribution in [0.2, 0.25) is 0 Å². The Morgan fingerprint density at radius 3 is 2.51 bits per heavy atom. The molecule has 0 aliphatic carbocycles. The summed E-state index contributed by atoms with van der Waals surface area (Å²) in [5.74, 6) is 6.20. The highest BCUT2D eigenvalue weighted by Gasteiger charge is 2.37. The van der Waals surface area contributed by atoms with Crippen molar-refractivity contribution in [3.63, 3.8) is 0 Å². The number of nitrogens with zero attached hydrogens (tertiary/aromatic N) is 6. The average Bonchev–Trinajstić information content (AvgIpc) is 3.36. The van der Waals surface area contributed by atoms with Crippen molar-refractivity contribution < 1.29 is 14.7 Å². The van der Waals surface area contributed by atoms with Gasteiger partial charge in [0.1, 0.15) is 0 Å². The molecule has 0 saturated carbocycles. The molecular formula is C28H27N7O3S. The molecule has 3 N–H and O–H groups in total. The van der Waals surface area contributed by atoms with E-state index in [4.69, 9.17) is 10.7 Å². The summed E-state index contributed by atoms with van der Waals surface area (Å²) in [6.45, 7) is 5.19. The summed E-state index contributed by atoms with van der Waals surface area (Å²) in [6.07, 6.45) is 7.97. The summed E-state index contributed by atoms with van der Waals surface area (Å²) in [5.41, 5.74) is 8.70. The maximum absolute atomic E-state index is 12.0. The Morgan fingerprint density at radius 1 is 1.15 bits per heavy atom. The highest BCUT2D eigenvalue weighted by Crippen LogP contribution is 2.36. The van der Waals surface area contributed by atoms with Gasteiger partial charge in [-0.25, -0.2) is 19.7 Å². The predicted molar refractivity (Wildman–Crippen MR) is 151 cm³/mol. The second-order valence-corrected chi connectivity index (χ2v) is 10.5. The highest BCUT2D eigenvalue weighted by atomic mass is 32.1. The number of carbonyl (C=O) groups excluding carboxylic acids is 1. The van der Waals surface area contributed by atoms with E-state index in [2.05, 4.69) is 26.8 Å². The van der Waals surface area contributed by atoms with E-state index in [1.807, 2.05) is 36.1 Å². The molecule has 3 aromatic heterocycles. The summed E-state index contributed by atoms with van der Waals surface area (Å²) in [6, 6.07) is 7.04. The maximum atomic E-state index is 12.0. The molecule has 1 aromatic carbocycles. The van der Waals surface area contributed by atoms with Crippen LogP contribution >= 0.6 is 11.3 Å². The standard InChI is InChI=1S/C28H27N7O3S/c1-3-35(25(29)38)27-33-22-14-20(13-19(23(22)39-27)7-6-18-5-4-10-30-15-18)21-16-31-26(32-17-21)34-11-8-28(2,9-12-34)24(36)37/h4-5,10,13-17H,3,8-9,11-12H2,1-2H3,(H2,29,38)(H,36,37). The molecular weight excluding hydrogens is 514 g/mol. The van der Waals surface area contributed by atoms with Gasteiger partial charge in [-0.15, -0.1) is 0 Å². The first-order valence-electron chi connectivity index (χ1n) is 12.5. The minimum Gasteiger partial charge on any atom is -0.481 e. The second-order valence-electron chi connectivity index (χ2n) is 9.57. The molecule has 0 unspecified atom stereocenters. The zero-order valence-corrected chi connectivity index (χ0v) is 22.4. The minimum absolute atomic E-state index is 0.399. The van der Waals surface area contributed by atoms with E-state index in [1.165, 1.54) is 16.2 Å². The van der Waals surface area contributed by atoms with Gasteiger partial charge < -0.3 is 15.7 Å². The quantitative estimate of drug-likeness (QED) is 0.360. The normalized spacial score (nSPS) is 14.5. The molecule has 11 heteroatoms. The number of amides is 2. The number of hydrogen-bond acceptors (Lipinski definition) is 8. The molecule has 4 heterocycles. The number of aliphatic carboxylic acids is 1. The molecule has 1 aliphatic rings. The van der Waals surface area contributed by atoms with Crippen molar-refractivity contribution in [2.75, 3.05) is 29.4 Å². The molecule has 1 saturated heterocycles. The average molecular weight is 542 g/mol. The first kappa shape index (κ1) is 26.1. The van der Waals surface area contributed by atoms with E-state index < -0.39 is 17.4 Å². The fourth-order valence-electron chi connectivity index (χ4n) is 4.41. The third-order valence-corrected chi connectivity index (χ3v) is 8.06. The van der Waals surface area contributed by atoms with E-state index in [1.54, 1.807) is 31.7 Å². The van der Waals surface area contributed by atoms with Gasteiger partial charge in [0, 0.05) is 61.1 Å². The summed E-state index contributed by atoms with van der Waals surface area (Å²) in [7, 11) is 0. The Bertz CT molecular complexity index is 1580. The zero-order chi connectivity index (χ0) is 27.6. The fraction of sp³-hybridized carbons (Fsp3) is 0.286. The van der Waals surface area contributed by atoms with Gasteiger partial charge in [-0.3, -0.25) is 14.7 Å². The number of carboxylic acid groups (broad SMARTS) is 1. The molecule has 198 valence electrons. The number of primary amides is 1. The Kier molecular flexibility index (Phi) is 7.13. The Labute approximate surface area is 229 Å². The number of benzene rings is 1. The lowest BCUT2D eigenvalue weighted by molar-refractivity contribution is -0.149. The molecule has 0 atom stereocenters. The van der Waals surface area contributed by atoms with Crippen molar-refractivity contribution in [3.8, 4) is 23.0 Å². The van der Waals surface area contributed by atoms with Crippen LogP contribution in [0.1, 0.15) is 37.8 Å². The van der Waals surface area contributed by atoms with Crippen LogP contribution < -0.4 is 15.5 Å². The van der Waals surface area contributed by atoms with E-state index >= 15 is 0 Å². The van der Waals surface area contributed by atoms with Crippen LogP contribution in [-0.2, 0) is 4.79 Å². The molecule has 10 nitrogen and oxygen atoms in total. The van der Waals surface area contributed by atoms with Gasteiger partial charge in [0.25, 0.3) is 0 Å². The van der Waals surface area contributed by atoms with Gasteiger partial charge in [0.2, 0.25) is 5.95 Å². The number of nitrogens with two attached hydrogens (primary N) is 1. The van der Waals surface area contributed by atoms with E-state index in [-0.39, 0.29) is 0 Å². The van der Waals surface area contributed by atoms with Crippen LogP contribution in [0, 0.1) is 17.3 Å². The monoisotopic (exact) mass is 541 g/mol. The molecule has 5 rings (SSSR count). The SMILES string of the molecule is CCN(C(N)=O)c1nc2cc(-c3cnc(N4CCC(C)(C(=O)O)CC4)nc3)cc(C#Cc3cccnc3)c2s1. The second kappa shape index (κ2) is 10.7. The number of pyridine rings is 1. The molecule has 0 bridgehead atoms. The molecule has 0 spiro atoms. The van der Waals surface area contributed by atoms with Crippen LogP contribution in [0.3, 0.4) is 0 Å². The smallest absolute Gasteiger partial charge is 0.321 e. The van der Waals surface area contributed by atoms with Crippen molar-refractivity contribution in [2.45, 2.75) is 26.7 Å². The largest absolute Gasteiger partial charge is 0.481 e. The van der Waals surface area contributed by atoms with Gasteiger partial charge in [-0.05, 0) is 56.5 Å². The predicted octanol–water partition coefficient (Wildman–Crippen LogP) is 4.14. The molecule has 1 aliphatic heterocycles. The van der Waals surface area contributed by atoms with Crippen molar-refractivity contribution in [1.29, 1.82) is 0 Å². The third kappa shape index (κ3) is 5.37. The lowest BCUT2D eigenvalue weighted by Gasteiger charge is -2.36. The van der Waals surface area contributed by atoms with Gasteiger partial charge >= 0.3 is 12.0 Å². The van der Waals surface area contributed by atoms with Gasteiger partial charge in [-0.1, -0.05) is 23.2 Å². The number of hydrogen-bond donors (Lipinski definition) is 2. The van der Waals surface area contributed by atoms with Gasteiger partial charge in [0.15, 0.2) is 5.13 Å².